The fourth-order valence-corrected chi connectivity index (χ4v) is 1.85. The van der Waals surface area contributed by atoms with Crippen molar-refractivity contribution in [3.8, 4) is 6.07 Å². The van der Waals surface area contributed by atoms with Gasteiger partial charge in [-0.1, -0.05) is 0 Å². The molecule has 2 N–H and O–H groups in total. The molecular weight excluding hydrogens is 210 g/mol. The number of nitriles is 1. The van der Waals surface area contributed by atoms with E-state index in [-0.39, 0.29) is 5.91 Å². The van der Waals surface area contributed by atoms with E-state index in [9.17, 15) is 4.79 Å². The number of thiophene rings is 1. The van der Waals surface area contributed by atoms with E-state index in [0.717, 1.165) is 22.8 Å². The first-order valence-corrected chi connectivity index (χ1v) is 5.48. The van der Waals surface area contributed by atoms with E-state index in [1.54, 1.807) is 0 Å². The molecule has 1 amide bonds. The number of nitrogens with one attached hydrogen (secondary N) is 2. The predicted molar refractivity (Wildman–Crippen MR) is 59.4 cm³/mol. The van der Waals surface area contributed by atoms with Crippen LogP contribution in [0.1, 0.15) is 16.7 Å². The molecule has 15 heavy (non-hydrogen) atoms. The van der Waals surface area contributed by atoms with Gasteiger partial charge >= 0.3 is 0 Å². The summed E-state index contributed by atoms with van der Waals surface area (Å²) in [5.41, 5.74) is 0. The van der Waals surface area contributed by atoms with Gasteiger partial charge in [-0.15, -0.1) is 11.3 Å². The Hall–Kier alpha value is -1.38. The van der Waals surface area contributed by atoms with Crippen molar-refractivity contribution in [3.05, 3.63) is 21.9 Å². The molecule has 0 radical (unpaired) electrons. The summed E-state index contributed by atoms with van der Waals surface area (Å²) in [7, 11) is 0. The van der Waals surface area contributed by atoms with Crippen molar-refractivity contribution in [2.24, 2.45) is 0 Å². The van der Waals surface area contributed by atoms with Gasteiger partial charge in [0, 0.05) is 31.4 Å². The van der Waals surface area contributed by atoms with Crippen molar-refractivity contribution in [1.82, 2.24) is 10.6 Å². The molecule has 0 atom stereocenters. The Labute approximate surface area is 92.9 Å². The highest BCUT2D eigenvalue weighted by atomic mass is 32.1. The van der Waals surface area contributed by atoms with Gasteiger partial charge in [0.25, 0.3) is 0 Å². The zero-order valence-electron chi connectivity index (χ0n) is 8.54. The van der Waals surface area contributed by atoms with Crippen LogP contribution in [0.25, 0.3) is 0 Å². The summed E-state index contributed by atoms with van der Waals surface area (Å²) in [6.45, 7) is 3.61. The van der Waals surface area contributed by atoms with Crippen molar-refractivity contribution in [3.63, 3.8) is 0 Å². The van der Waals surface area contributed by atoms with Gasteiger partial charge in [0.2, 0.25) is 5.91 Å². The van der Waals surface area contributed by atoms with Crippen molar-refractivity contribution in [2.75, 3.05) is 13.1 Å². The monoisotopic (exact) mass is 223 g/mol. The minimum absolute atomic E-state index is 0.0142. The van der Waals surface area contributed by atoms with Crippen molar-refractivity contribution < 1.29 is 4.79 Å². The van der Waals surface area contributed by atoms with Crippen LogP contribution in [0.15, 0.2) is 12.1 Å². The summed E-state index contributed by atoms with van der Waals surface area (Å²) in [6, 6.07) is 5.85. The van der Waals surface area contributed by atoms with E-state index in [4.69, 9.17) is 5.26 Å². The number of hydrogen-bond acceptors (Lipinski definition) is 4. The maximum absolute atomic E-state index is 10.5. The third kappa shape index (κ3) is 4.58. The van der Waals surface area contributed by atoms with Gasteiger partial charge in [0.15, 0.2) is 0 Å². The molecule has 0 aliphatic heterocycles. The largest absolute Gasteiger partial charge is 0.355 e. The molecule has 0 aliphatic rings. The highest BCUT2D eigenvalue weighted by Crippen LogP contribution is 2.14. The Balaban J connectivity index is 2.15. The molecule has 0 saturated carbocycles. The normalized spacial score (nSPS) is 9.60. The zero-order chi connectivity index (χ0) is 11.1. The molecule has 0 unspecified atom stereocenters. The first kappa shape index (κ1) is 11.7. The minimum Gasteiger partial charge on any atom is -0.355 e. The van der Waals surface area contributed by atoms with Crippen LogP contribution in [0.2, 0.25) is 0 Å². The number of rotatable bonds is 5. The molecule has 0 saturated heterocycles. The van der Waals surface area contributed by atoms with E-state index < -0.39 is 0 Å². The topological polar surface area (TPSA) is 64.9 Å². The van der Waals surface area contributed by atoms with Crippen LogP contribution in [0, 0.1) is 11.3 Å². The van der Waals surface area contributed by atoms with Gasteiger partial charge in [0.1, 0.15) is 10.9 Å². The number of amides is 1. The minimum atomic E-state index is -0.0142. The second kappa shape index (κ2) is 6.17. The van der Waals surface area contributed by atoms with Crippen molar-refractivity contribution in [2.45, 2.75) is 13.5 Å². The molecule has 0 spiro atoms. The van der Waals surface area contributed by atoms with Crippen molar-refractivity contribution >= 4 is 17.2 Å². The highest BCUT2D eigenvalue weighted by Gasteiger charge is 1.98. The molecule has 0 aromatic carbocycles. The maximum atomic E-state index is 10.5. The molecule has 1 aromatic rings. The van der Waals surface area contributed by atoms with Gasteiger partial charge in [-0.3, -0.25) is 4.79 Å². The van der Waals surface area contributed by atoms with Crippen LogP contribution in [0.4, 0.5) is 0 Å². The Morgan fingerprint density at radius 3 is 2.93 bits per heavy atom. The molecule has 5 heteroatoms. The predicted octanol–water partition coefficient (Wildman–Crippen LogP) is 0.845. The SMILES string of the molecule is CC(=O)NCCNCc1ccc(C#N)s1. The Morgan fingerprint density at radius 2 is 2.33 bits per heavy atom. The first-order chi connectivity index (χ1) is 7.22. The summed E-state index contributed by atoms with van der Waals surface area (Å²) in [5, 5.41) is 14.5. The van der Waals surface area contributed by atoms with E-state index in [0.29, 0.717) is 6.54 Å². The van der Waals surface area contributed by atoms with Crippen LogP contribution in [-0.4, -0.2) is 19.0 Å². The second-order valence-corrected chi connectivity index (χ2v) is 4.21. The van der Waals surface area contributed by atoms with Crippen molar-refractivity contribution in [1.29, 1.82) is 5.26 Å². The molecule has 0 bridgehead atoms. The van der Waals surface area contributed by atoms with Gasteiger partial charge < -0.3 is 10.6 Å². The Kier molecular flexibility index (Phi) is 4.81. The first-order valence-electron chi connectivity index (χ1n) is 4.66. The Morgan fingerprint density at radius 1 is 1.53 bits per heavy atom. The fourth-order valence-electron chi connectivity index (χ4n) is 1.07. The molecule has 80 valence electrons. The van der Waals surface area contributed by atoms with E-state index in [2.05, 4.69) is 16.7 Å². The lowest BCUT2D eigenvalue weighted by Crippen LogP contribution is -2.29. The summed E-state index contributed by atoms with van der Waals surface area (Å²) < 4.78 is 0. The molecular formula is C10H13N3OS. The Bertz CT molecular complexity index is 367. The number of carbonyl (C=O) groups excluding carboxylic acids is 1. The van der Waals surface area contributed by atoms with Gasteiger partial charge in [0.05, 0.1) is 0 Å². The third-order valence-corrected chi connectivity index (χ3v) is 2.74. The van der Waals surface area contributed by atoms with Crippen LogP contribution >= 0.6 is 11.3 Å². The highest BCUT2D eigenvalue weighted by molar-refractivity contribution is 7.12. The molecule has 1 rings (SSSR count). The number of nitrogens with zero attached hydrogens (tertiary/aromatic N) is 1. The number of hydrogen-bond donors (Lipinski definition) is 2. The van der Waals surface area contributed by atoms with E-state index in [1.165, 1.54) is 18.3 Å². The van der Waals surface area contributed by atoms with Crippen LogP contribution in [0.3, 0.4) is 0 Å². The average molecular weight is 223 g/mol. The lowest BCUT2D eigenvalue weighted by Gasteiger charge is -2.03. The van der Waals surface area contributed by atoms with E-state index in [1.807, 2.05) is 12.1 Å². The average Bonchev–Trinajstić information content (AvgIpc) is 2.65. The van der Waals surface area contributed by atoms with Gasteiger partial charge in [-0.2, -0.15) is 5.26 Å². The summed E-state index contributed by atoms with van der Waals surface area (Å²) in [4.78, 5) is 12.4. The standard InChI is InChI=1S/C10H13N3OS/c1-8(14)13-5-4-12-7-10-3-2-9(6-11)15-10/h2-3,12H,4-5,7H2,1H3,(H,13,14). The molecule has 0 fully saturated rings. The molecule has 1 aromatic heterocycles. The van der Waals surface area contributed by atoms with Gasteiger partial charge in [-0.25, -0.2) is 0 Å². The molecule has 4 nitrogen and oxygen atoms in total. The number of carbonyl (C=O) groups is 1. The maximum Gasteiger partial charge on any atom is 0.216 e. The van der Waals surface area contributed by atoms with E-state index >= 15 is 0 Å². The summed E-state index contributed by atoms with van der Waals surface area (Å²) >= 11 is 1.49. The fraction of sp³-hybridized carbons (Fsp3) is 0.400. The summed E-state index contributed by atoms with van der Waals surface area (Å²) in [5.74, 6) is -0.0142. The lowest BCUT2D eigenvalue weighted by atomic mass is 10.4. The third-order valence-electron chi connectivity index (χ3n) is 1.75. The zero-order valence-corrected chi connectivity index (χ0v) is 9.36. The summed E-state index contributed by atoms with van der Waals surface area (Å²) in [6.07, 6.45) is 0. The van der Waals surface area contributed by atoms with Crippen LogP contribution in [0.5, 0.6) is 0 Å². The van der Waals surface area contributed by atoms with Crippen LogP contribution in [-0.2, 0) is 11.3 Å². The smallest absolute Gasteiger partial charge is 0.216 e. The molecule has 1 heterocycles. The molecule has 0 aliphatic carbocycles. The lowest BCUT2D eigenvalue weighted by molar-refractivity contribution is -0.118. The van der Waals surface area contributed by atoms with Gasteiger partial charge in [-0.05, 0) is 12.1 Å². The quantitative estimate of drug-likeness (QED) is 0.727. The second-order valence-electron chi connectivity index (χ2n) is 3.04. The van der Waals surface area contributed by atoms with Crippen LogP contribution < -0.4 is 10.6 Å².